The number of nitrogens with one attached hydrogen (secondary N) is 2. The number of sulfonamides is 1. The number of hydrogen-bond donors (Lipinski definition) is 2. The fraction of sp³-hybridized carbons (Fsp3) is 0.231. The van der Waals surface area contributed by atoms with Crippen molar-refractivity contribution < 1.29 is 12.8 Å². The molecule has 0 saturated heterocycles. The largest absolute Gasteiger partial charge is 0.367 e. The van der Waals surface area contributed by atoms with Gasteiger partial charge in [0, 0.05) is 18.9 Å². The number of aromatic nitrogens is 1. The number of aromatic amines is 1. The van der Waals surface area contributed by atoms with E-state index in [-0.39, 0.29) is 11.6 Å². The Bertz CT molecular complexity index is 607. The summed E-state index contributed by atoms with van der Waals surface area (Å²) >= 11 is 0. The summed E-state index contributed by atoms with van der Waals surface area (Å²) in [5.41, 5.74) is 1.61. The Kier molecular flexibility index (Phi) is 4.34. The fourth-order valence-electron chi connectivity index (χ4n) is 1.72. The molecule has 0 aliphatic heterocycles. The van der Waals surface area contributed by atoms with Gasteiger partial charge in [0.15, 0.2) is 0 Å². The summed E-state index contributed by atoms with van der Waals surface area (Å²) in [6.45, 7) is 0.349. The van der Waals surface area contributed by atoms with Gasteiger partial charge in [-0.15, -0.1) is 0 Å². The molecule has 0 aliphatic rings. The summed E-state index contributed by atoms with van der Waals surface area (Å²) in [7, 11) is -3.38. The second-order valence-electron chi connectivity index (χ2n) is 4.25. The van der Waals surface area contributed by atoms with Crippen LogP contribution in [-0.4, -0.2) is 19.9 Å². The Hall–Kier alpha value is -1.66. The summed E-state index contributed by atoms with van der Waals surface area (Å²) in [5, 5.41) is 0. The molecule has 0 unspecified atom stereocenters. The summed E-state index contributed by atoms with van der Waals surface area (Å²) < 4.78 is 38.8. The predicted molar refractivity (Wildman–Crippen MR) is 71.5 cm³/mol. The normalized spacial score (nSPS) is 11.6. The van der Waals surface area contributed by atoms with Gasteiger partial charge in [0.2, 0.25) is 10.0 Å². The van der Waals surface area contributed by atoms with Crippen LogP contribution in [0.4, 0.5) is 4.39 Å². The average Bonchev–Trinajstić information content (AvgIpc) is 2.85. The highest BCUT2D eigenvalue weighted by atomic mass is 32.2. The van der Waals surface area contributed by atoms with Gasteiger partial charge in [-0.05, 0) is 35.7 Å². The van der Waals surface area contributed by atoms with E-state index in [1.165, 1.54) is 24.3 Å². The molecule has 0 spiro atoms. The van der Waals surface area contributed by atoms with Gasteiger partial charge in [0.25, 0.3) is 0 Å². The molecule has 1 heterocycles. The van der Waals surface area contributed by atoms with Gasteiger partial charge in [0.05, 0.1) is 5.75 Å². The van der Waals surface area contributed by atoms with Crippen LogP contribution >= 0.6 is 0 Å². The molecular formula is C13H15FN2O2S. The SMILES string of the molecule is O=S(=O)(Cc1ccc(F)cc1)NCCc1cc[nH]c1. The Morgan fingerprint density at radius 1 is 1.11 bits per heavy atom. The van der Waals surface area contributed by atoms with E-state index in [4.69, 9.17) is 0 Å². The van der Waals surface area contributed by atoms with Crippen LogP contribution in [0.3, 0.4) is 0 Å². The first-order valence-electron chi connectivity index (χ1n) is 5.89. The lowest BCUT2D eigenvalue weighted by atomic mass is 10.2. The third kappa shape index (κ3) is 4.50. The van der Waals surface area contributed by atoms with Crippen molar-refractivity contribution in [3.05, 3.63) is 59.7 Å². The summed E-state index contributed by atoms with van der Waals surface area (Å²) in [4.78, 5) is 2.91. The zero-order valence-corrected chi connectivity index (χ0v) is 11.1. The number of rotatable bonds is 6. The topological polar surface area (TPSA) is 62.0 Å². The lowest BCUT2D eigenvalue weighted by Crippen LogP contribution is -2.27. The molecule has 0 aliphatic carbocycles. The van der Waals surface area contributed by atoms with Crippen molar-refractivity contribution in [2.24, 2.45) is 0 Å². The first-order chi connectivity index (χ1) is 9.05. The predicted octanol–water partition coefficient (Wildman–Crippen LogP) is 1.82. The number of H-pyrrole nitrogens is 1. The monoisotopic (exact) mass is 282 g/mol. The third-order valence-electron chi connectivity index (χ3n) is 2.67. The zero-order valence-electron chi connectivity index (χ0n) is 10.3. The molecule has 0 radical (unpaired) electrons. The Morgan fingerprint density at radius 3 is 2.47 bits per heavy atom. The maximum Gasteiger partial charge on any atom is 0.215 e. The molecule has 4 nitrogen and oxygen atoms in total. The smallest absolute Gasteiger partial charge is 0.215 e. The van der Waals surface area contributed by atoms with Gasteiger partial charge >= 0.3 is 0 Å². The van der Waals surface area contributed by atoms with Gasteiger partial charge in [-0.1, -0.05) is 12.1 Å². The minimum atomic E-state index is -3.38. The molecule has 2 rings (SSSR count). The molecule has 0 fully saturated rings. The Labute approximate surface area is 111 Å². The zero-order chi connectivity index (χ0) is 13.7. The van der Waals surface area contributed by atoms with Crippen molar-refractivity contribution in [1.82, 2.24) is 9.71 Å². The number of halogens is 1. The molecule has 1 aromatic carbocycles. The van der Waals surface area contributed by atoms with E-state index in [0.717, 1.165) is 5.56 Å². The Balaban J connectivity index is 1.86. The summed E-state index contributed by atoms with van der Waals surface area (Å²) in [6, 6.07) is 7.35. The van der Waals surface area contributed by atoms with Crippen LogP contribution in [-0.2, 0) is 22.2 Å². The second-order valence-corrected chi connectivity index (χ2v) is 6.06. The average molecular weight is 282 g/mol. The van der Waals surface area contributed by atoms with Crippen LogP contribution < -0.4 is 4.72 Å². The quantitative estimate of drug-likeness (QED) is 0.849. The highest BCUT2D eigenvalue weighted by Crippen LogP contribution is 2.06. The van der Waals surface area contributed by atoms with E-state index in [2.05, 4.69) is 9.71 Å². The second kappa shape index (κ2) is 5.99. The molecule has 0 atom stereocenters. The molecule has 102 valence electrons. The Morgan fingerprint density at radius 2 is 1.84 bits per heavy atom. The number of hydrogen-bond acceptors (Lipinski definition) is 2. The van der Waals surface area contributed by atoms with Gasteiger partial charge in [-0.3, -0.25) is 0 Å². The molecule has 0 bridgehead atoms. The van der Waals surface area contributed by atoms with Crippen LogP contribution in [0.5, 0.6) is 0 Å². The fourth-order valence-corrected chi connectivity index (χ4v) is 2.86. The molecule has 0 amide bonds. The summed E-state index contributed by atoms with van der Waals surface area (Å²) in [5.74, 6) is -0.512. The first-order valence-corrected chi connectivity index (χ1v) is 7.54. The number of benzene rings is 1. The molecule has 2 aromatic rings. The van der Waals surface area contributed by atoms with Gasteiger partial charge < -0.3 is 4.98 Å². The summed E-state index contributed by atoms with van der Waals surface area (Å²) in [6.07, 6.45) is 4.25. The van der Waals surface area contributed by atoms with E-state index in [9.17, 15) is 12.8 Å². The van der Waals surface area contributed by atoms with Crippen molar-refractivity contribution in [2.45, 2.75) is 12.2 Å². The highest BCUT2D eigenvalue weighted by molar-refractivity contribution is 7.88. The van der Waals surface area contributed by atoms with Crippen molar-refractivity contribution in [2.75, 3.05) is 6.54 Å². The van der Waals surface area contributed by atoms with Crippen molar-refractivity contribution >= 4 is 10.0 Å². The molecule has 6 heteroatoms. The van der Waals surface area contributed by atoms with Crippen LogP contribution in [0.2, 0.25) is 0 Å². The molecule has 0 saturated carbocycles. The van der Waals surface area contributed by atoms with Crippen molar-refractivity contribution in [3.8, 4) is 0 Å². The first kappa shape index (κ1) is 13.8. The molecule has 1 aromatic heterocycles. The maximum atomic E-state index is 12.7. The highest BCUT2D eigenvalue weighted by Gasteiger charge is 2.10. The van der Waals surface area contributed by atoms with E-state index in [1.54, 1.807) is 6.20 Å². The molecule has 2 N–H and O–H groups in total. The van der Waals surface area contributed by atoms with Gasteiger partial charge in [-0.25, -0.2) is 17.5 Å². The minimum absolute atomic E-state index is 0.138. The maximum absolute atomic E-state index is 12.7. The van der Waals surface area contributed by atoms with Crippen LogP contribution in [0.1, 0.15) is 11.1 Å². The van der Waals surface area contributed by atoms with Crippen molar-refractivity contribution in [1.29, 1.82) is 0 Å². The van der Waals surface area contributed by atoms with Crippen LogP contribution in [0.15, 0.2) is 42.7 Å². The van der Waals surface area contributed by atoms with Crippen molar-refractivity contribution in [3.63, 3.8) is 0 Å². The van der Waals surface area contributed by atoms with Gasteiger partial charge in [0.1, 0.15) is 5.82 Å². The van der Waals surface area contributed by atoms with Crippen LogP contribution in [0, 0.1) is 5.82 Å². The van der Waals surface area contributed by atoms with E-state index >= 15 is 0 Å². The lowest BCUT2D eigenvalue weighted by Gasteiger charge is -2.06. The van der Waals surface area contributed by atoms with E-state index in [1.807, 2.05) is 12.3 Å². The minimum Gasteiger partial charge on any atom is -0.367 e. The molecular weight excluding hydrogens is 267 g/mol. The van der Waals surface area contributed by atoms with Gasteiger partial charge in [-0.2, -0.15) is 0 Å². The van der Waals surface area contributed by atoms with E-state index < -0.39 is 10.0 Å². The standard InChI is InChI=1S/C13H15FN2O2S/c14-13-3-1-12(2-4-13)10-19(17,18)16-8-6-11-5-7-15-9-11/h1-5,7,9,15-16H,6,8,10H2. The lowest BCUT2D eigenvalue weighted by molar-refractivity contribution is 0.580. The van der Waals surface area contributed by atoms with E-state index in [0.29, 0.717) is 18.5 Å². The third-order valence-corrected chi connectivity index (χ3v) is 4.03. The van der Waals surface area contributed by atoms with Crippen LogP contribution in [0.25, 0.3) is 0 Å². The molecule has 19 heavy (non-hydrogen) atoms.